The fourth-order valence-corrected chi connectivity index (χ4v) is 2.29. The predicted molar refractivity (Wildman–Crippen MR) is 75.4 cm³/mol. The quantitative estimate of drug-likeness (QED) is 0.765. The molecule has 0 radical (unpaired) electrons. The van der Waals surface area contributed by atoms with Crippen molar-refractivity contribution in [1.82, 2.24) is 14.4 Å². The summed E-state index contributed by atoms with van der Waals surface area (Å²) in [5.74, 6) is -0.0730. The highest BCUT2D eigenvalue weighted by atomic mass is 79.9. The van der Waals surface area contributed by atoms with Gasteiger partial charge in [-0.2, -0.15) is 0 Å². The molecule has 3 aromatic rings. The summed E-state index contributed by atoms with van der Waals surface area (Å²) in [5, 5.41) is 2.95. The maximum absolute atomic E-state index is 13.9. The lowest BCUT2D eigenvalue weighted by Crippen LogP contribution is -2.00. The maximum atomic E-state index is 13.9. The van der Waals surface area contributed by atoms with Gasteiger partial charge in [-0.25, -0.2) is 14.4 Å². The van der Waals surface area contributed by atoms with Crippen LogP contribution in [0.25, 0.3) is 5.65 Å². The van der Waals surface area contributed by atoms with E-state index >= 15 is 0 Å². The zero-order chi connectivity index (χ0) is 13.4. The second kappa shape index (κ2) is 4.79. The summed E-state index contributed by atoms with van der Waals surface area (Å²) in [6.07, 6.45) is 5.19. The Labute approximate surface area is 121 Å². The summed E-state index contributed by atoms with van der Waals surface area (Å²) in [6.45, 7) is 0. The second-order valence-electron chi connectivity index (χ2n) is 3.80. The van der Waals surface area contributed by atoms with E-state index in [0.717, 1.165) is 0 Å². The third kappa shape index (κ3) is 2.29. The van der Waals surface area contributed by atoms with E-state index in [4.69, 9.17) is 11.6 Å². The van der Waals surface area contributed by atoms with Crippen molar-refractivity contribution in [2.24, 2.45) is 0 Å². The Morgan fingerprint density at radius 2 is 2.21 bits per heavy atom. The van der Waals surface area contributed by atoms with Crippen molar-refractivity contribution in [3.8, 4) is 0 Å². The molecule has 0 amide bonds. The highest BCUT2D eigenvalue weighted by molar-refractivity contribution is 9.10. The third-order valence-electron chi connectivity index (χ3n) is 2.55. The van der Waals surface area contributed by atoms with Crippen LogP contribution < -0.4 is 5.32 Å². The molecule has 1 aromatic carbocycles. The van der Waals surface area contributed by atoms with E-state index in [0.29, 0.717) is 16.1 Å². The van der Waals surface area contributed by atoms with Gasteiger partial charge < -0.3 is 9.72 Å². The summed E-state index contributed by atoms with van der Waals surface area (Å²) >= 11 is 9.04. The Morgan fingerprint density at radius 3 is 3.05 bits per heavy atom. The zero-order valence-corrected chi connectivity index (χ0v) is 11.8. The number of aromatic nitrogens is 3. The van der Waals surface area contributed by atoms with E-state index in [9.17, 15) is 4.39 Å². The van der Waals surface area contributed by atoms with Crippen molar-refractivity contribution >= 4 is 44.7 Å². The summed E-state index contributed by atoms with van der Waals surface area (Å²) in [4.78, 5) is 8.42. The molecule has 0 saturated carbocycles. The fraction of sp³-hybridized carbons (Fsp3) is 0. The molecule has 0 aliphatic carbocycles. The number of nitrogens with zero attached hydrogens (tertiary/aromatic N) is 3. The van der Waals surface area contributed by atoms with Crippen LogP contribution in [-0.4, -0.2) is 14.4 Å². The first-order valence-electron chi connectivity index (χ1n) is 5.35. The highest BCUT2D eigenvalue weighted by Gasteiger charge is 2.11. The Balaban J connectivity index is 2.10. The fourth-order valence-electron chi connectivity index (χ4n) is 1.71. The van der Waals surface area contributed by atoms with Crippen molar-refractivity contribution < 1.29 is 4.39 Å². The smallest absolute Gasteiger partial charge is 0.180 e. The topological polar surface area (TPSA) is 42.2 Å². The minimum absolute atomic E-state index is 0.0550. The first-order chi connectivity index (χ1) is 9.15. The molecule has 1 N–H and O–H groups in total. The van der Waals surface area contributed by atoms with Gasteiger partial charge in [0.25, 0.3) is 0 Å². The number of imidazole rings is 1. The van der Waals surface area contributed by atoms with Crippen molar-refractivity contribution in [3.63, 3.8) is 0 Å². The van der Waals surface area contributed by atoms with E-state index in [-0.39, 0.29) is 10.7 Å². The zero-order valence-electron chi connectivity index (χ0n) is 9.44. The molecule has 4 nitrogen and oxygen atoms in total. The van der Waals surface area contributed by atoms with Crippen LogP contribution in [0.4, 0.5) is 15.9 Å². The van der Waals surface area contributed by atoms with Gasteiger partial charge in [0.1, 0.15) is 4.60 Å². The first kappa shape index (κ1) is 12.4. The van der Waals surface area contributed by atoms with Crippen molar-refractivity contribution in [2.75, 3.05) is 5.32 Å². The van der Waals surface area contributed by atoms with Crippen molar-refractivity contribution in [3.05, 3.63) is 52.2 Å². The minimum atomic E-state index is -0.518. The molecule has 2 heterocycles. The number of anilines is 2. The molecule has 7 heteroatoms. The van der Waals surface area contributed by atoms with Gasteiger partial charge in [0.15, 0.2) is 17.3 Å². The molecule has 3 rings (SSSR count). The lowest BCUT2D eigenvalue weighted by molar-refractivity contribution is 0.632. The Kier molecular flexibility index (Phi) is 3.12. The van der Waals surface area contributed by atoms with Crippen LogP contribution in [0.5, 0.6) is 0 Å². The largest absolute Gasteiger partial charge is 0.335 e. The van der Waals surface area contributed by atoms with E-state index in [1.165, 1.54) is 6.07 Å². The third-order valence-corrected chi connectivity index (χ3v) is 3.22. The first-order valence-corrected chi connectivity index (χ1v) is 6.52. The van der Waals surface area contributed by atoms with Gasteiger partial charge in [-0.15, -0.1) is 0 Å². The molecule has 0 aliphatic heterocycles. The van der Waals surface area contributed by atoms with Gasteiger partial charge in [0.05, 0.1) is 10.7 Å². The maximum Gasteiger partial charge on any atom is 0.180 e. The lowest BCUT2D eigenvalue weighted by Gasteiger charge is -2.09. The second-order valence-corrected chi connectivity index (χ2v) is 5.02. The number of rotatable bonds is 2. The van der Waals surface area contributed by atoms with E-state index in [2.05, 4.69) is 31.2 Å². The monoisotopic (exact) mass is 340 g/mol. The molecule has 0 aliphatic rings. The summed E-state index contributed by atoms with van der Waals surface area (Å²) in [7, 11) is 0. The number of halogens is 3. The molecule has 2 aromatic heterocycles. The Hall–Kier alpha value is -1.66. The number of benzene rings is 1. The van der Waals surface area contributed by atoms with Crippen LogP contribution in [0.15, 0.2) is 41.4 Å². The molecule has 0 spiro atoms. The molecular weight excluding hydrogens is 335 g/mol. The summed E-state index contributed by atoms with van der Waals surface area (Å²) in [5.41, 5.74) is 0.852. The van der Waals surface area contributed by atoms with Crippen LogP contribution >= 0.6 is 27.5 Å². The van der Waals surface area contributed by atoms with Crippen LogP contribution in [-0.2, 0) is 0 Å². The molecule has 0 bridgehead atoms. The van der Waals surface area contributed by atoms with Gasteiger partial charge in [-0.3, -0.25) is 0 Å². The van der Waals surface area contributed by atoms with Gasteiger partial charge in [-0.1, -0.05) is 17.7 Å². The van der Waals surface area contributed by atoms with E-state index in [1.54, 1.807) is 35.1 Å². The SMILES string of the molecule is Fc1c(Cl)cccc1Nc1nc(Br)cn2ccnc12. The van der Waals surface area contributed by atoms with Gasteiger partial charge >= 0.3 is 0 Å². The Bertz CT molecular complexity index is 759. The molecular formula is C12H7BrClFN4. The van der Waals surface area contributed by atoms with Crippen molar-refractivity contribution in [2.45, 2.75) is 0 Å². The highest BCUT2D eigenvalue weighted by Crippen LogP contribution is 2.26. The van der Waals surface area contributed by atoms with E-state index < -0.39 is 5.82 Å². The van der Waals surface area contributed by atoms with Crippen LogP contribution in [0.3, 0.4) is 0 Å². The molecule has 0 saturated heterocycles. The number of fused-ring (bicyclic) bond motifs is 1. The van der Waals surface area contributed by atoms with E-state index in [1.807, 2.05) is 0 Å². The van der Waals surface area contributed by atoms with Crippen LogP contribution in [0, 0.1) is 5.82 Å². The van der Waals surface area contributed by atoms with Crippen LogP contribution in [0.2, 0.25) is 5.02 Å². The molecule has 96 valence electrons. The van der Waals surface area contributed by atoms with Gasteiger partial charge in [0, 0.05) is 18.6 Å². The summed E-state index contributed by atoms with van der Waals surface area (Å²) < 4.78 is 16.2. The van der Waals surface area contributed by atoms with Crippen molar-refractivity contribution in [1.29, 1.82) is 0 Å². The van der Waals surface area contributed by atoms with Crippen LogP contribution in [0.1, 0.15) is 0 Å². The minimum Gasteiger partial charge on any atom is -0.335 e. The van der Waals surface area contributed by atoms with Gasteiger partial charge in [-0.05, 0) is 28.1 Å². The average molecular weight is 342 g/mol. The number of nitrogens with one attached hydrogen (secondary N) is 1. The molecule has 0 atom stereocenters. The normalized spacial score (nSPS) is 10.9. The lowest BCUT2D eigenvalue weighted by atomic mass is 10.3. The standard InChI is InChI=1S/C12H7BrClFN4/c13-9-6-19-5-4-16-12(19)11(18-9)17-8-3-1-2-7(14)10(8)15/h1-6H,(H,17,18). The predicted octanol–water partition coefficient (Wildman–Crippen LogP) is 4.03. The number of hydrogen-bond donors (Lipinski definition) is 1. The molecule has 0 fully saturated rings. The molecule has 19 heavy (non-hydrogen) atoms. The average Bonchev–Trinajstić information content (AvgIpc) is 2.83. The Morgan fingerprint density at radius 1 is 1.37 bits per heavy atom. The number of hydrogen-bond acceptors (Lipinski definition) is 3. The summed E-state index contributed by atoms with van der Waals surface area (Å²) in [6, 6.07) is 4.74. The van der Waals surface area contributed by atoms with Gasteiger partial charge in [0.2, 0.25) is 0 Å². The molecule has 0 unspecified atom stereocenters.